The highest BCUT2D eigenvalue weighted by atomic mass is 79.9. The second-order valence-electron chi connectivity index (χ2n) is 2.82. The smallest absolute Gasteiger partial charge is 0.124 e. The highest BCUT2D eigenvalue weighted by Gasteiger charge is 1.99. The lowest BCUT2D eigenvalue weighted by Crippen LogP contribution is -1.99. The number of para-hydroxylation sites is 1. The second kappa shape index (κ2) is 4.28. The van der Waals surface area contributed by atoms with Gasteiger partial charge in [-0.2, -0.15) is 0 Å². The van der Waals surface area contributed by atoms with Crippen LogP contribution in [0, 0.1) is 0 Å². The fourth-order valence-corrected chi connectivity index (χ4v) is 1.54. The van der Waals surface area contributed by atoms with Crippen molar-refractivity contribution >= 4 is 21.6 Å². The SMILES string of the molecule is Brc1ccccc1NCc1ccon1. The molecule has 0 atom stereocenters. The molecule has 0 saturated heterocycles. The molecule has 1 heterocycles. The maximum absolute atomic E-state index is 4.73. The number of benzene rings is 1. The molecule has 0 aliphatic carbocycles. The zero-order chi connectivity index (χ0) is 9.80. The van der Waals surface area contributed by atoms with Gasteiger partial charge in [-0.15, -0.1) is 0 Å². The van der Waals surface area contributed by atoms with Crippen LogP contribution >= 0.6 is 15.9 Å². The van der Waals surface area contributed by atoms with Gasteiger partial charge in [0.15, 0.2) is 0 Å². The number of nitrogens with zero attached hydrogens (tertiary/aromatic N) is 1. The molecule has 72 valence electrons. The third-order valence-electron chi connectivity index (χ3n) is 1.83. The summed E-state index contributed by atoms with van der Waals surface area (Å²) in [5.74, 6) is 0. The molecule has 14 heavy (non-hydrogen) atoms. The van der Waals surface area contributed by atoms with Gasteiger partial charge in [-0.3, -0.25) is 0 Å². The van der Waals surface area contributed by atoms with Gasteiger partial charge in [0.05, 0.1) is 6.54 Å². The third-order valence-corrected chi connectivity index (χ3v) is 2.52. The number of rotatable bonds is 3. The van der Waals surface area contributed by atoms with Gasteiger partial charge in [-0.1, -0.05) is 17.3 Å². The molecular formula is C10H9BrN2O. The van der Waals surface area contributed by atoms with Crippen molar-refractivity contribution in [3.8, 4) is 0 Å². The highest BCUT2D eigenvalue weighted by Crippen LogP contribution is 2.21. The Labute approximate surface area is 90.2 Å². The van der Waals surface area contributed by atoms with Crippen molar-refractivity contribution in [1.82, 2.24) is 5.16 Å². The largest absolute Gasteiger partial charge is 0.378 e. The monoisotopic (exact) mass is 252 g/mol. The molecule has 2 aromatic rings. The zero-order valence-electron chi connectivity index (χ0n) is 7.40. The molecule has 0 radical (unpaired) electrons. The predicted molar refractivity (Wildman–Crippen MR) is 58.0 cm³/mol. The van der Waals surface area contributed by atoms with Crippen molar-refractivity contribution < 1.29 is 4.52 Å². The van der Waals surface area contributed by atoms with Gasteiger partial charge in [0.1, 0.15) is 12.0 Å². The summed E-state index contributed by atoms with van der Waals surface area (Å²) in [7, 11) is 0. The minimum atomic E-state index is 0.666. The first-order chi connectivity index (χ1) is 6.86. The summed E-state index contributed by atoms with van der Waals surface area (Å²) in [5, 5.41) is 7.05. The van der Waals surface area contributed by atoms with E-state index in [2.05, 4.69) is 26.4 Å². The minimum Gasteiger partial charge on any atom is -0.378 e. The number of hydrogen-bond donors (Lipinski definition) is 1. The van der Waals surface area contributed by atoms with E-state index in [0.717, 1.165) is 15.9 Å². The molecule has 2 rings (SSSR count). The molecule has 3 nitrogen and oxygen atoms in total. The van der Waals surface area contributed by atoms with E-state index in [0.29, 0.717) is 6.54 Å². The normalized spacial score (nSPS) is 10.1. The van der Waals surface area contributed by atoms with Crippen LogP contribution in [0.15, 0.2) is 45.6 Å². The Hall–Kier alpha value is -1.29. The number of halogens is 1. The fraction of sp³-hybridized carbons (Fsp3) is 0.100. The van der Waals surface area contributed by atoms with E-state index in [9.17, 15) is 0 Å². The van der Waals surface area contributed by atoms with Crippen molar-refractivity contribution in [3.63, 3.8) is 0 Å². The van der Waals surface area contributed by atoms with Crippen LogP contribution in [0.25, 0.3) is 0 Å². The lowest BCUT2D eigenvalue weighted by atomic mass is 10.3. The van der Waals surface area contributed by atoms with E-state index in [-0.39, 0.29) is 0 Å². The topological polar surface area (TPSA) is 38.1 Å². The van der Waals surface area contributed by atoms with Crippen molar-refractivity contribution in [3.05, 3.63) is 46.8 Å². The minimum absolute atomic E-state index is 0.666. The molecule has 0 aliphatic rings. The van der Waals surface area contributed by atoms with Gasteiger partial charge in [0.25, 0.3) is 0 Å². The number of anilines is 1. The van der Waals surface area contributed by atoms with Crippen LogP contribution in [0.3, 0.4) is 0 Å². The molecular weight excluding hydrogens is 244 g/mol. The molecule has 4 heteroatoms. The maximum atomic E-state index is 4.73. The summed E-state index contributed by atoms with van der Waals surface area (Å²) < 4.78 is 5.78. The van der Waals surface area contributed by atoms with E-state index in [1.165, 1.54) is 0 Å². The Balaban J connectivity index is 2.02. The van der Waals surface area contributed by atoms with Crippen molar-refractivity contribution in [2.75, 3.05) is 5.32 Å². The Morgan fingerprint density at radius 3 is 2.86 bits per heavy atom. The van der Waals surface area contributed by atoms with Gasteiger partial charge in [-0.25, -0.2) is 0 Å². The quantitative estimate of drug-likeness (QED) is 0.913. The third kappa shape index (κ3) is 2.14. The molecule has 0 fully saturated rings. The van der Waals surface area contributed by atoms with Crippen LogP contribution in [-0.2, 0) is 6.54 Å². The van der Waals surface area contributed by atoms with Gasteiger partial charge >= 0.3 is 0 Å². The lowest BCUT2D eigenvalue weighted by molar-refractivity contribution is 0.412. The van der Waals surface area contributed by atoms with Crippen LogP contribution in [-0.4, -0.2) is 5.16 Å². The van der Waals surface area contributed by atoms with Crippen molar-refractivity contribution in [1.29, 1.82) is 0 Å². The van der Waals surface area contributed by atoms with E-state index < -0.39 is 0 Å². The first kappa shape index (κ1) is 9.27. The molecule has 0 unspecified atom stereocenters. The van der Waals surface area contributed by atoms with Gasteiger partial charge in [0, 0.05) is 16.2 Å². The highest BCUT2D eigenvalue weighted by molar-refractivity contribution is 9.10. The van der Waals surface area contributed by atoms with Gasteiger partial charge < -0.3 is 9.84 Å². The molecule has 0 spiro atoms. The van der Waals surface area contributed by atoms with Crippen LogP contribution in [0.2, 0.25) is 0 Å². The molecule has 0 bridgehead atoms. The van der Waals surface area contributed by atoms with Crippen molar-refractivity contribution in [2.24, 2.45) is 0 Å². The number of aromatic nitrogens is 1. The van der Waals surface area contributed by atoms with Crippen LogP contribution in [0.1, 0.15) is 5.69 Å². The Kier molecular flexibility index (Phi) is 2.84. The lowest BCUT2D eigenvalue weighted by Gasteiger charge is -2.05. The summed E-state index contributed by atoms with van der Waals surface area (Å²) >= 11 is 3.45. The summed E-state index contributed by atoms with van der Waals surface area (Å²) in [6, 6.07) is 9.79. The standard InChI is InChI=1S/C10H9BrN2O/c11-9-3-1-2-4-10(9)12-7-8-5-6-14-13-8/h1-6,12H,7H2. The summed E-state index contributed by atoms with van der Waals surface area (Å²) in [5.41, 5.74) is 1.94. The molecule has 0 saturated carbocycles. The van der Waals surface area contributed by atoms with Gasteiger partial charge in [-0.05, 0) is 28.1 Å². The van der Waals surface area contributed by atoms with E-state index >= 15 is 0 Å². The van der Waals surface area contributed by atoms with Gasteiger partial charge in [0.2, 0.25) is 0 Å². The first-order valence-electron chi connectivity index (χ1n) is 4.24. The number of hydrogen-bond acceptors (Lipinski definition) is 3. The Morgan fingerprint density at radius 1 is 1.29 bits per heavy atom. The van der Waals surface area contributed by atoms with Crippen LogP contribution in [0.5, 0.6) is 0 Å². The zero-order valence-corrected chi connectivity index (χ0v) is 8.99. The van der Waals surface area contributed by atoms with E-state index in [4.69, 9.17) is 4.52 Å². The molecule has 0 amide bonds. The second-order valence-corrected chi connectivity index (χ2v) is 3.68. The summed E-state index contributed by atoms with van der Waals surface area (Å²) in [4.78, 5) is 0. The molecule has 0 aliphatic heterocycles. The molecule has 1 aromatic heterocycles. The van der Waals surface area contributed by atoms with Crippen LogP contribution in [0.4, 0.5) is 5.69 Å². The van der Waals surface area contributed by atoms with Crippen molar-refractivity contribution in [2.45, 2.75) is 6.54 Å². The van der Waals surface area contributed by atoms with E-state index in [1.54, 1.807) is 6.26 Å². The molecule has 1 aromatic carbocycles. The van der Waals surface area contributed by atoms with E-state index in [1.807, 2.05) is 30.3 Å². The molecule has 1 N–H and O–H groups in total. The summed E-state index contributed by atoms with van der Waals surface area (Å²) in [6.45, 7) is 0.666. The Morgan fingerprint density at radius 2 is 2.14 bits per heavy atom. The fourth-order valence-electron chi connectivity index (χ4n) is 1.12. The van der Waals surface area contributed by atoms with Crippen LogP contribution < -0.4 is 5.32 Å². The predicted octanol–water partition coefficient (Wildman–Crippen LogP) is 3.05. The average molecular weight is 253 g/mol. The maximum Gasteiger partial charge on any atom is 0.124 e. The first-order valence-corrected chi connectivity index (χ1v) is 5.03. The average Bonchev–Trinajstić information content (AvgIpc) is 2.69. The summed E-state index contributed by atoms with van der Waals surface area (Å²) in [6.07, 6.45) is 1.57. The number of nitrogens with one attached hydrogen (secondary N) is 1. The Bertz CT molecular complexity index is 400.